The van der Waals surface area contributed by atoms with Crippen molar-refractivity contribution >= 4 is 16.9 Å². The molecule has 0 aliphatic rings. The lowest BCUT2D eigenvalue weighted by Crippen LogP contribution is -2.06. The molecule has 2 heterocycles. The number of ether oxygens (including phenoxy) is 1. The van der Waals surface area contributed by atoms with Crippen molar-refractivity contribution in [2.45, 2.75) is 13.0 Å². The maximum atomic E-state index is 5.75. The normalized spacial score (nSPS) is 12.2. The molecule has 0 saturated carbocycles. The minimum absolute atomic E-state index is 0.000228. The molecule has 2 aromatic heterocycles. The van der Waals surface area contributed by atoms with Crippen LogP contribution in [0.5, 0.6) is 5.75 Å². The van der Waals surface area contributed by atoms with Gasteiger partial charge in [0, 0.05) is 10.9 Å². The smallest absolute Gasteiger partial charge is 0.316 e. The van der Waals surface area contributed by atoms with Crippen molar-refractivity contribution in [1.29, 1.82) is 0 Å². The molecule has 2 aromatic carbocycles. The van der Waals surface area contributed by atoms with Gasteiger partial charge in [-0.05, 0) is 42.8 Å². The molecule has 126 valence electrons. The van der Waals surface area contributed by atoms with Crippen molar-refractivity contribution in [2.24, 2.45) is 0 Å². The summed E-state index contributed by atoms with van der Waals surface area (Å²) in [4.78, 5) is 0. The molecule has 0 aliphatic carbocycles. The second-order valence-corrected chi connectivity index (χ2v) is 5.73. The summed E-state index contributed by atoms with van der Waals surface area (Å²) in [6, 6.07) is 14.0. The molecule has 0 aliphatic heterocycles. The molecule has 1 atom stereocenters. The van der Waals surface area contributed by atoms with Crippen molar-refractivity contribution in [1.82, 2.24) is 20.4 Å². The zero-order valence-electron chi connectivity index (χ0n) is 13.9. The summed E-state index contributed by atoms with van der Waals surface area (Å²) in [6.07, 6.45) is 1.76. The first-order chi connectivity index (χ1) is 12.2. The summed E-state index contributed by atoms with van der Waals surface area (Å²) >= 11 is 0. The Morgan fingerprint density at radius 3 is 2.96 bits per heavy atom. The number of nitrogens with zero attached hydrogens (tertiary/aromatic N) is 3. The fourth-order valence-electron chi connectivity index (χ4n) is 2.65. The van der Waals surface area contributed by atoms with Crippen molar-refractivity contribution in [3.8, 4) is 17.2 Å². The number of aromatic amines is 1. The minimum Gasteiger partial charge on any atom is -0.497 e. The Bertz CT molecular complexity index is 1010. The lowest BCUT2D eigenvalue weighted by molar-refractivity contribution is 0.414. The van der Waals surface area contributed by atoms with E-state index < -0.39 is 0 Å². The second-order valence-electron chi connectivity index (χ2n) is 5.73. The molecular weight excluding hydrogens is 318 g/mol. The molecule has 4 rings (SSSR count). The summed E-state index contributed by atoms with van der Waals surface area (Å²) in [7, 11) is 1.65. The zero-order valence-corrected chi connectivity index (χ0v) is 13.9. The number of H-pyrrole nitrogens is 1. The predicted octanol–water partition coefficient (Wildman–Crippen LogP) is 3.79. The highest BCUT2D eigenvalue weighted by Gasteiger charge is 2.13. The first-order valence-electron chi connectivity index (χ1n) is 7.90. The van der Waals surface area contributed by atoms with Gasteiger partial charge in [-0.2, -0.15) is 5.10 Å². The van der Waals surface area contributed by atoms with E-state index in [1.54, 1.807) is 13.3 Å². The van der Waals surface area contributed by atoms with Crippen molar-refractivity contribution in [3.05, 3.63) is 54.2 Å². The van der Waals surface area contributed by atoms with Gasteiger partial charge >= 0.3 is 6.01 Å². The third-order valence-electron chi connectivity index (χ3n) is 4.05. The van der Waals surface area contributed by atoms with E-state index in [1.165, 1.54) is 0 Å². The van der Waals surface area contributed by atoms with E-state index >= 15 is 0 Å². The van der Waals surface area contributed by atoms with Crippen LogP contribution in [0, 0.1) is 0 Å². The molecule has 0 fully saturated rings. The average Bonchev–Trinajstić information content (AvgIpc) is 3.30. The Hall–Kier alpha value is -3.35. The van der Waals surface area contributed by atoms with E-state index in [9.17, 15) is 0 Å². The number of anilines is 1. The minimum atomic E-state index is -0.000228. The number of hydrogen-bond acceptors (Lipinski definition) is 6. The van der Waals surface area contributed by atoms with E-state index in [2.05, 4.69) is 25.7 Å². The standard InChI is InChI=1S/C18H17N5O2/c1-11(12-4-3-5-15(9-12)24-2)20-18-23-22-17(25-18)13-6-7-16-14(8-13)10-19-21-16/h3-11H,1-2H3,(H,19,21)(H,20,23). The van der Waals surface area contributed by atoms with Crippen LogP contribution in [0.3, 0.4) is 0 Å². The number of aromatic nitrogens is 4. The van der Waals surface area contributed by atoms with Gasteiger partial charge in [-0.15, -0.1) is 5.10 Å². The Labute approximate surface area is 144 Å². The molecule has 0 radical (unpaired) electrons. The lowest BCUT2D eigenvalue weighted by atomic mass is 10.1. The predicted molar refractivity (Wildman–Crippen MR) is 94.4 cm³/mol. The molecule has 4 aromatic rings. The number of nitrogens with one attached hydrogen (secondary N) is 2. The van der Waals surface area contributed by atoms with Crippen molar-refractivity contribution in [3.63, 3.8) is 0 Å². The van der Waals surface area contributed by atoms with Crippen LogP contribution in [0.1, 0.15) is 18.5 Å². The third-order valence-corrected chi connectivity index (χ3v) is 4.05. The van der Waals surface area contributed by atoms with Gasteiger partial charge in [0.05, 0.1) is 24.9 Å². The van der Waals surface area contributed by atoms with E-state index in [0.717, 1.165) is 27.8 Å². The van der Waals surface area contributed by atoms with Gasteiger partial charge in [0.25, 0.3) is 0 Å². The number of hydrogen-bond donors (Lipinski definition) is 2. The Balaban J connectivity index is 1.54. The van der Waals surface area contributed by atoms with Crippen LogP contribution >= 0.6 is 0 Å². The van der Waals surface area contributed by atoms with Gasteiger partial charge in [0.1, 0.15) is 5.75 Å². The van der Waals surface area contributed by atoms with E-state index in [4.69, 9.17) is 9.15 Å². The second kappa shape index (κ2) is 6.27. The van der Waals surface area contributed by atoms with Gasteiger partial charge in [-0.1, -0.05) is 17.2 Å². The maximum Gasteiger partial charge on any atom is 0.316 e. The summed E-state index contributed by atoms with van der Waals surface area (Å²) in [6.45, 7) is 2.02. The largest absolute Gasteiger partial charge is 0.497 e. The van der Waals surface area contributed by atoms with Gasteiger partial charge in [-0.3, -0.25) is 5.10 Å². The van der Waals surface area contributed by atoms with E-state index in [-0.39, 0.29) is 6.04 Å². The molecule has 25 heavy (non-hydrogen) atoms. The molecule has 0 amide bonds. The summed E-state index contributed by atoms with van der Waals surface area (Å²) in [5.74, 6) is 1.27. The Kier molecular flexibility index (Phi) is 3.81. The quantitative estimate of drug-likeness (QED) is 0.577. The molecule has 0 saturated heterocycles. The van der Waals surface area contributed by atoms with Crippen LogP contribution in [-0.4, -0.2) is 27.5 Å². The highest BCUT2D eigenvalue weighted by molar-refractivity contribution is 5.82. The SMILES string of the molecule is COc1cccc(C(C)Nc2nnc(-c3ccc4[nH]ncc4c3)o2)c1. The average molecular weight is 335 g/mol. The summed E-state index contributed by atoms with van der Waals surface area (Å²) < 4.78 is 11.0. The van der Waals surface area contributed by atoms with Gasteiger partial charge in [0.2, 0.25) is 5.89 Å². The van der Waals surface area contributed by atoms with Crippen LogP contribution in [0.25, 0.3) is 22.4 Å². The highest BCUT2D eigenvalue weighted by Crippen LogP contribution is 2.26. The molecular formula is C18H17N5O2. The fourth-order valence-corrected chi connectivity index (χ4v) is 2.65. The Morgan fingerprint density at radius 2 is 2.08 bits per heavy atom. The first kappa shape index (κ1) is 15.2. The molecule has 0 spiro atoms. The van der Waals surface area contributed by atoms with E-state index in [1.807, 2.05) is 49.4 Å². The van der Waals surface area contributed by atoms with Gasteiger partial charge < -0.3 is 14.5 Å². The molecule has 0 bridgehead atoms. The van der Waals surface area contributed by atoms with Gasteiger partial charge in [-0.25, -0.2) is 0 Å². The van der Waals surface area contributed by atoms with Crippen LogP contribution in [-0.2, 0) is 0 Å². The number of methoxy groups -OCH3 is 1. The first-order valence-corrected chi connectivity index (χ1v) is 7.90. The van der Waals surface area contributed by atoms with Crippen LogP contribution < -0.4 is 10.1 Å². The maximum absolute atomic E-state index is 5.75. The van der Waals surface area contributed by atoms with Crippen LogP contribution in [0.2, 0.25) is 0 Å². The monoisotopic (exact) mass is 335 g/mol. The van der Waals surface area contributed by atoms with Crippen LogP contribution in [0.4, 0.5) is 6.01 Å². The van der Waals surface area contributed by atoms with E-state index in [0.29, 0.717) is 11.9 Å². The third kappa shape index (κ3) is 3.03. The molecule has 2 N–H and O–H groups in total. The molecule has 7 heteroatoms. The number of fused-ring (bicyclic) bond motifs is 1. The van der Waals surface area contributed by atoms with Gasteiger partial charge in [0.15, 0.2) is 0 Å². The highest BCUT2D eigenvalue weighted by atomic mass is 16.5. The Morgan fingerprint density at radius 1 is 1.16 bits per heavy atom. The summed E-state index contributed by atoms with van der Waals surface area (Å²) in [5, 5.41) is 19.4. The lowest BCUT2D eigenvalue weighted by Gasteiger charge is -2.13. The number of benzene rings is 2. The summed E-state index contributed by atoms with van der Waals surface area (Å²) in [5.41, 5.74) is 2.88. The zero-order chi connectivity index (χ0) is 17.2. The van der Waals surface area contributed by atoms with Crippen molar-refractivity contribution < 1.29 is 9.15 Å². The topological polar surface area (TPSA) is 88.9 Å². The van der Waals surface area contributed by atoms with Crippen LogP contribution in [0.15, 0.2) is 53.1 Å². The number of rotatable bonds is 5. The van der Waals surface area contributed by atoms with Crippen molar-refractivity contribution in [2.75, 3.05) is 12.4 Å². The fraction of sp³-hybridized carbons (Fsp3) is 0.167. The molecule has 1 unspecified atom stereocenters. The molecule has 7 nitrogen and oxygen atoms in total.